The van der Waals surface area contributed by atoms with Gasteiger partial charge in [0.05, 0.1) is 24.3 Å². The summed E-state index contributed by atoms with van der Waals surface area (Å²) in [6, 6.07) is 21.2. The van der Waals surface area contributed by atoms with Crippen molar-refractivity contribution in [1.82, 2.24) is 10.2 Å². The fourth-order valence-corrected chi connectivity index (χ4v) is 6.81. The summed E-state index contributed by atoms with van der Waals surface area (Å²) in [6.07, 6.45) is 4.30. The predicted octanol–water partition coefficient (Wildman–Crippen LogP) is 5.16. The third-order valence-electron chi connectivity index (χ3n) is 7.62. The third-order valence-corrected chi connectivity index (χ3v) is 9.41. The summed E-state index contributed by atoms with van der Waals surface area (Å²) in [6.45, 7) is 3.79. The third kappa shape index (κ3) is 8.07. The van der Waals surface area contributed by atoms with Crippen LogP contribution in [-0.4, -0.2) is 57.5 Å². The maximum absolute atomic E-state index is 14.3. The number of nitrogens with zero attached hydrogens (tertiary/aromatic N) is 2. The van der Waals surface area contributed by atoms with Gasteiger partial charge in [-0.1, -0.05) is 50.1 Å². The van der Waals surface area contributed by atoms with Crippen LogP contribution in [0.2, 0.25) is 0 Å². The smallest absolute Gasteiger partial charge is 0.264 e. The van der Waals surface area contributed by atoms with Crippen molar-refractivity contribution in [3.63, 3.8) is 0 Å². The highest BCUT2D eigenvalue weighted by molar-refractivity contribution is 7.92. The van der Waals surface area contributed by atoms with Gasteiger partial charge < -0.3 is 19.7 Å². The SMILES string of the molecule is CCOc1ccc(N(CC(=O)N(Cc2cccc(OC)c2)[C@@H](CC)C(=O)NC2CCCC2)S(=O)(=O)c2ccccc2)cc1. The summed E-state index contributed by atoms with van der Waals surface area (Å²) in [5, 5.41) is 3.13. The Labute approximate surface area is 254 Å². The minimum absolute atomic E-state index is 0.0575. The quantitative estimate of drug-likeness (QED) is 0.272. The molecule has 0 bridgehead atoms. The van der Waals surface area contributed by atoms with E-state index in [1.54, 1.807) is 55.6 Å². The Morgan fingerprint density at radius 2 is 1.63 bits per heavy atom. The summed E-state index contributed by atoms with van der Waals surface area (Å²) in [5.41, 5.74) is 1.07. The summed E-state index contributed by atoms with van der Waals surface area (Å²) in [4.78, 5) is 29.4. The molecule has 0 heterocycles. The van der Waals surface area contributed by atoms with E-state index in [9.17, 15) is 18.0 Å². The van der Waals surface area contributed by atoms with E-state index in [0.29, 0.717) is 30.2 Å². The van der Waals surface area contributed by atoms with E-state index >= 15 is 0 Å². The number of ether oxygens (including phenoxy) is 2. The summed E-state index contributed by atoms with van der Waals surface area (Å²) >= 11 is 0. The average Bonchev–Trinajstić information content (AvgIpc) is 3.54. The lowest BCUT2D eigenvalue weighted by atomic mass is 10.1. The van der Waals surface area contributed by atoms with Crippen LogP contribution in [0.1, 0.15) is 51.5 Å². The van der Waals surface area contributed by atoms with Crippen LogP contribution in [-0.2, 0) is 26.2 Å². The lowest BCUT2D eigenvalue weighted by molar-refractivity contribution is -0.140. The zero-order valence-electron chi connectivity index (χ0n) is 25.1. The number of carbonyl (C=O) groups is 2. The first-order valence-electron chi connectivity index (χ1n) is 14.8. The molecule has 1 saturated carbocycles. The molecule has 2 amide bonds. The Morgan fingerprint density at radius 3 is 2.26 bits per heavy atom. The zero-order valence-corrected chi connectivity index (χ0v) is 25.9. The lowest BCUT2D eigenvalue weighted by Gasteiger charge is -2.34. The molecule has 3 aromatic rings. The highest BCUT2D eigenvalue weighted by Crippen LogP contribution is 2.27. The molecule has 0 radical (unpaired) electrons. The van der Waals surface area contributed by atoms with Gasteiger partial charge in [0.15, 0.2) is 0 Å². The molecule has 1 aliphatic rings. The number of rotatable bonds is 14. The Bertz CT molecular complexity index is 1460. The molecule has 0 unspecified atom stereocenters. The van der Waals surface area contributed by atoms with Gasteiger partial charge in [0.2, 0.25) is 11.8 Å². The number of hydrogen-bond donors (Lipinski definition) is 1. The molecule has 3 aromatic carbocycles. The van der Waals surface area contributed by atoms with Gasteiger partial charge in [-0.15, -0.1) is 0 Å². The van der Waals surface area contributed by atoms with E-state index in [1.807, 2.05) is 32.0 Å². The van der Waals surface area contributed by atoms with E-state index in [4.69, 9.17) is 9.47 Å². The number of anilines is 1. The topological polar surface area (TPSA) is 105 Å². The molecule has 1 atom stereocenters. The second-order valence-electron chi connectivity index (χ2n) is 10.5. The largest absolute Gasteiger partial charge is 0.497 e. The van der Waals surface area contributed by atoms with Crippen molar-refractivity contribution in [2.24, 2.45) is 0 Å². The molecule has 0 saturated heterocycles. The van der Waals surface area contributed by atoms with Crippen LogP contribution in [0.25, 0.3) is 0 Å². The summed E-state index contributed by atoms with van der Waals surface area (Å²) in [7, 11) is -2.57. The molecule has 1 aliphatic carbocycles. The number of amides is 2. The van der Waals surface area contributed by atoms with Gasteiger partial charge in [0, 0.05) is 12.6 Å². The maximum atomic E-state index is 14.3. The van der Waals surface area contributed by atoms with Crippen LogP contribution in [0.15, 0.2) is 83.8 Å². The number of methoxy groups -OCH3 is 1. The molecule has 1 N–H and O–H groups in total. The van der Waals surface area contributed by atoms with Gasteiger partial charge in [-0.3, -0.25) is 13.9 Å². The number of carbonyl (C=O) groups excluding carboxylic acids is 2. The van der Waals surface area contributed by atoms with Crippen LogP contribution >= 0.6 is 0 Å². The van der Waals surface area contributed by atoms with Gasteiger partial charge in [0.25, 0.3) is 10.0 Å². The molecule has 0 aromatic heterocycles. The molecule has 1 fully saturated rings. The van der Waals surface area contributed by atoms with Gasteiger partial charge in [-0.25, -0.2) is 8.42 Å². The van der Waals surface area contributed by atoms with E-state index in [0.717, 1.165) is 35.6 Å². The standard InChI is InChI=1S/C33H41N3O6S/c1-4-31(33(38)34-26-13-9-10-14-26)35(23-25-12-11-15-29(22-25)41-3)32(37)24-36(27-18-20-28(21-19-27)42-5-2)43(39,40)30-16-7-6-8-17-30/h6-8,11-12,15-22,26,31H,4-5,9-10,13-14,23-24H2,1-3H3,(H,34,38)/t31-/m0/s1. The number of hydrogen-bond acceptors (Lipinski definition) is 6. The normalized spacial score (nSPS) is 14.1. The van der Waals surface area contributed by atoms with Gasteiger partial charge >= 0.3 is 0 Å². The molecular formula is C33H41N3O6S. The van der Waals surface area contributed by atoms with Crippen molar-refractivity contribution in [2.75, 3.05) is 24.6 Å². The summed E-state index contributed by atoms with van der Waals surface area (Å²) in [5.74, 6) is 0.480. The predicted molar refractivity (Wildman–Crippen MR) is 167 cm³/mol. The highest BCUT2D eigenvalue weighted by atomic mass is 32.2. The van der Waals surface area contributed by atoms with Crippen LogP contribution in [0.5, 0.6) is 11.5 Å². The van der Waals surface area contributed by atoms with E-state index in [2.05, 4.69) is 5.32 Å². The molecule has 230 valence electrons. The van der Waals surface area contributed by atoms with E-state index < -0.39 is 28.5 Å². The maximum Gasteiger partial charge on any atom is 0.264 e. The molecule has 43 heavy (non-hydrogen) atoms. The Hall–Kier alpha value is -4.05. The second kappa shape index (κ2) is 14.9. The van der Waals surface area contributed by atoms with E-state index in [-0.39, 0.29) is 23.4 Å². The van der Waals surface area contributed by atoms with Crippen molar-refractivity contribution >= 4 is 27.5 Å². The highest BCUT2D eigenvalue weighted by Gasteiger charge is 2.34. The molecule has 9 nitrogen and oxygen atoms in total. The lowest BCUT2D eigenvalue weighted by Crippen LogP contribution is -2.53. The minimum Gasteiger partial charge on any atom is -0.497 e. The van der Waals surface area contributed by atoms with Crippen LogP contribution in [0.3, 0.4) is 0 Å². The van der Waals surface area contributed by atoms with Crippen molar-refractivity contribution in [1.29, 1.82) is 0 Å². The van der Waals surface area contributed by atoms with Crippen molar-refractivity contribution in [3.05, 3.63) is 84.4 Å². The first-order chi connectivity index (χ1) is 20.8. The van der Waals surface area contributed by atoms with Crippen LogP contribution in [0, 0.1) is 0 Å². The van der Waals surface area contributed by atoms with Crippen molar-refractivity contribution in [2.45, 2.75) is 69.5 Å². The van der Waals surface area contributed by atoms with Gasteiger partial charge in [0.1, 0.15) is 24.1 Å². The summed E-state index contributed by atoms with van der Waals surface area (Å²) < 4.78 is 40.0. The fraction of sp³-hybridized carbons (Fsp3) is 0.394. The first kappa shape index (κ1) is 31.9. The van der Waals surface area contributed by atoms with Gasteiger partial charge in [-0.05, 0) is 80.3 Å². The molecular weight excluding hydrogens is 566 g/mol. The number of nitrogens with one attached hydrogen (secondary N) is 1. The van der Waals surface area contributed by atoms with Crippen molar-refractivity contribution < 1.29 is 27.5 Å². The molecule has 0 aliphatic heterocycles. The first-order valence-corrected chi connectivity index (χ1v) is 16.2. The molecule has 0 spiro atoms. The second-order valence-corrected chi connectivity index (χ2v) is 12.4. The monoisotopic (exact) mass is 607 g/mol. The molecule has 10 heteroatoms. The van der Waals surface area contributed by atoms with Crippen molar-refractivity contribution in [3.8, 4) is 11.5 Å². The number of sulfonamides is 1. The average molecular weight is 608 g/mol. The Balaban J connectivity index is 1.71. The van der Waals surface area contributed by atoms with E-state index in [1.165, 1.54) is 17.0 Å². The Morgan fingerprint density at radius 1 is 0.930 bits per heavy atom. The zero-order chi connectivity index (χ0) is 30.8. The van der Waals surface area contributed by atoms with Gasteiger partial charge in [-0.2, -0.15) is 0 Å². The van der Waals surface area contributed by atoms with Crippen LogP contribution < -0.4 is 19.1 Å². The minimum atomic E-state index is -4.14. The van der Waals surface area contributed by atoms with Crippen LogP contribution in [0.4, 0.5) is 5.69 Å². The number of benzene rings is 3. The Kier molecular flexibility index (Phi) is 11.1. The fourth-order valence-electron chi connectivity index (χ4n) is 5.38. The molecule has 4 rings (SSSR count).